The van der Waals surface area contributed by atoms with Crippen LogP contribution in [0.25, 0.3) is 28.6 Å². The van der Waals surface area contributed by atoms with E-state index in [4.69, 9.17) is 9.47 Å². The van der Waals surface area contributed by atoms with Crippen molar-refractivity contribution in [3.63, 3.8) is 0 Å². The van der Waals surface area contributed by atoms with E-state index >= 15 is 0 Å². The van der Waals surface area contributed by atoms with Crippen molar-refractivity contribution < 1.29 is 13.9 Å². The Morgan fingerprint density at radius 2 is 1.20 bits per heavy atom. The summed E-state index contributed by atoms with van der Waals surface area (Å²) < 4.78 is 27.2. The minimum atomic E-state index is -0.451. The fourth-order valence-corrected chi connectivity index (χ4v) is 5.26. The van der Waals surface area contributed by atoms with Crippen LogP contribution in [0.1, 0.15) is 30.5 Å². The molecule has 4 aromatic carbocycles. The summed E-state index contributed by atoms with van der Waals surface area (Å²) >= 11 is 1.70. The third-order valence-corrected chi connectivity index (χ3v) is 8.35. The van der Waals surface area contributed by atoms with E-state index in [1.54, 1.807) is 49.2 Å². The van der Waals surface area contributed by atoms with Gasteiger partial charge in [-0.25, -0.2) is 13.8 Å². The van der Waals surface area contributed by atoms with Crippen LogP contribution in [0, 0.1) is 5.82 Å². The Bertz CT molecular complexity index is 2150. The largest absolute Gasteiger partial charge is 0.497 e. The molecule has 0 atom stereocenters. The third-order valence-electron chi connectivity index (χ3n) is 7.61. The van der Waals surface area contributed by atoms with Crippen molar-refractivity contribution in [1.29, 1.82) is 0 Å². The van der Waals surface area contributed by atoms with Gasteiger partial charge in [-0.05, 0) is 71.5 Å². The van der Waals surface area contributed by atoms with Gasteiger partial charge in [0.05, 0.1) is 38.7 Å². The molecule has 2 heterocycles. The lowest BCUT2D eigenvalue weighted by Gasteiger charge is -2.09. The second kappa shape index (κ2) is 18.9. The molecule has 0 spiro atoms. The van der Waals surface area contributed by atoms with Crippen molar-refractivity contribution in [1.82, 2.24) is 19.6 Å². The topological polar surface area (TPSA) is 88.2 Å². The maximum absolute atomic E-state index is 14.2. The van der Waals surface area contributed by atoms with E-state index in [-0.39, 0.29) is 11.1 Å². The van der Waals surface area contributed by atoms with E-state index in [1.807, 2.05) is 80.8 Å². The summed E-state index contributed by atoms with van der Waals surface area (Å²) in [4.78, 5) is 25.4. The maximum Gasteiger partial charge on any atom is 0.267 e. The van der Waals surface area contributed by atoms with Gasteiger partial charge in [0.1, 0.15) is 17.3 Å². The first-order chi connectivity index (χ1) is 24.8. The van der Waals surface area contributed by atoms with Gasteiger partial charge in [-0.1, -0.05) is 75.0 Å². The first kappa shape index (κ1) is 38.1. The van der Waals surface area contributed by atoms with Gasteiger partial charge in [0.2, 0.25) is 0 Å². The zero-order chi connectivity index (χ0) is 36.8. The van der Waals surface area contributed by atoms with Gasteiger partial charge < -0.3 is 9.47 Å². The quantitative estimate of drug-likeness (QED) is 0.132. The average Bonchev–Trinajstić information content (AvgIpc) is 3.18. The molecule has 0 N–H and O–H groups in total. The normalized spacial score (nSPS) is 10.2. The number of methoxy groups -OCH3 is 2. The smallest absolute Gasteiger partial charge is 0.267 e. The standard InChI is InChI=1S/C20H17FN2O2.C19H18N2O2S.C2H6/c1-3-14-4-6-15(7-5-14)13-23-20(24)11-10-19(22-23)17-9-8-16(25-2)12-18(17)21;1-23-16-7-3-14(4-8-16)13-21-19(22)12-11-18(20-21)15-5-9-17(24-2)10-6-15;1-2/h3-12H,1,13H2,2H3;3-12H,13H2,1-2H3;1-2H3. The molecule has 8 nitrogen and oxygen atoms in total. The van der Waals surface area contributed by atoms with E-state index in [0.29, 0.717) is 30.1 Å². The SMILES string of the molecule is C=Cc1ccc(Cn2nc(-c3ccc(OC)cc3F)ccc2=O)cc1.CC.COc1ccc(Cn2nc(-c3ccc(SC)cc3)ccc2=O)cc1. The first-order valence-electron chi connectivity index (χ1n) is 16.3. The number of rotatable bonds is 10. The molecule has 0 amide bonds. The van der Waals surface area contributed by atoms with Crippen molar-refractivity contribution in [2.24, 2.45) is 0 Å². The van der Waals surface area contributed by atoms with E-state index in [1.165, 1.54) is 39.6 Å². The Kier molecular flexibility index (Phi) is 14.1. The fraction of sp³-hybridized carbons (Fsp3) is 0.171. The Morgan fingerprint density at radius 3 is 1.71 bits per heavy atom. The lowest BCUT2D eigenvalue weighted by atomic mass is 10.1. The fourth-order valence-electron chi connectivity index (χ4n) is 4.85. The molecule has 10 heteroatoms. The highest BCUT2D eigenvalue weighted by Gasteiger charge is 2.11. The summed E-state index contributed by atoms with van der Waals surface area (Å²) in [5.74, 6) is 0.769. The van der Waals surface area contributed by atoms with Gasteiger partial charge in [0.15, 0.2) is 0 Å². The molecule has 6 rings (SSSR count). The Hall–Kier alpha value is -5.74. The number of ether oxygens (including phenoxy) is 2. The van der Waals surface area contributed by atoms with Crippen LogP contribution >= 0.6 is 11.8 Å². The van der Waals surface area contributed by atoms with Crippen LogP contribution in [-0.4, -0.2) is 40.0 Å². The van der Waals surface area contributed by atoms with Crippen LogP contribution in [0.3, 0.4) is 0 Å². The van der Waals surface area contributed by atoms with E-state index in [9.17, 15) is 14.0 Å². The highest BCUT2D eigenvalue weighted by molar-refractivity contribution is 7.98. The molecule has 0 radical (unpaired) electrons. The van der Waals surface area contributed by atoms with E-state index in [2.05, 4.69) is 28.9 Å². The van der Waals surface area contributed by atoms with Crippen molar-refractivity contribution >= 4 is 17.8 Å². The summed E-state index contributed by atoms with van der Waals surface area (Å²) in [7, 11) is 3.11. The van der Waals surface area contributed by atoms with Crippen molar-refractivity contribution in [2.45, 2.75) is 31.8 Å². The van der Waals surface area contributed by atoms with Crippen molar-refractivity contribution in [2.75, 3.05) is 20.5 Å². The molecule has 51 heavy (non-hydrogen) atoms. The molecule has 2 aromatic heterocycles. The number of benzene rings is 4. The average molecular weight is 705 g/mol. The molecule has 0 aliphatic rings. The van der Waals surface area contributed by atoms with Gasteiger partial charge in [-0.2, -0.15) is 10.2 Å². The van der Waals surface area contributed by atoms with Gasteiger partial charge in [-0.3, -0.25) is 9.59 Å². The van der Waals surface area contributed by atoms with Crippen molar-refractivity contribution in [3.8, 4) is 34.0 Å². The summed E-state index contributed by atoms with van der Waals surface area (Å²) in [6, 6.07) is 34.2. The van der Waals surface area contributed by atoms with Crippen LogP contribution in [0.2, 0.25) is 0 Å². The highest BCUT2D eigenvalue weighted by atomic mass is 32.2. The number of hydrogen-bond acceptors (Lipinski definition) is 7. The molecule has 262 valence electrons. The predicted molar refractivity (Wildman–Crippen MR) is 205 cm³/mol. The number of hydrogen-bond donors (Lipinski definition) is 0. The summed E-state index contributed by atoms with van der Waals surface area (Å²) in [5.41, 5.74) is 5.05. The van der Waals surface area contributed by atoms with Crippen molar-refractivity contribution in [3.05, 3.63) is 165 Å². The molecule has 0 unspecified atom stereocenters. The number of nitrogens with zero attached hydrogens (tertiary/aromatic N) is 4. The lowest BCUT2D eigenvalue weighted by Crippen LogP contribution is -2.22. The number of halogens is 1. The maximum atomic E-state index is 14.2. The van der Waals surface area contributed by atoms with Crippen LogP contribution < -0.4 is 20.6 Å². The Morgan fingerprint density at radius 1 is 0.686 bits per heavy atom. The van der Waals surface area contributed by atoms with Crippen LogP contribution in [0.4, 0.5) is 4.39 Å². The monoisotopic (exact) mass is 704 g/mol. The van der Waals surface area contributed by atoms with Gasteiger partial charge in [0, 0.05) is 34.2 Å². The molecular formula is C41H41FN4O4S. The van der Waals surface area contributed by atoms with E-state index in [0.717, 1.165) is 33.7 Å². The van der Waals surface area contributed by atoms with Gasteiger partial charge >= 0.3 is 0 Å². The lowest BCUT2D eigenvalue weighted by molar-refractivity contribution is 0.411. The zero-order valence-electron chi connectivity index (χ0n) is 29.4. The van der Waals surface area contributed by atoms with Crippen LogP contribution in [0.5, 0.6) is 11.5 Å². The number of thioether (sulfide) groups is 1. The van der Waals surface area contributed by atoms with Gasteiger partial charge in [0.25, 0.3) is 11.1 Å². The molecule has 0 saturated carbocycles. The Balaban J connectivity index is 0.000000218. The number of aromatic nitrogens is 4. The van der Waals surface area contributed by atoms with Crippen LogP contribution in [0.15, 0.2) is 136 Å². The molecule has 0 aliphatic heterocycles. The minimum absolute atomic E-state index is 0.115. The Labute approximate surface area is 301 Å². The summed E-state index contributed by atoms with van der Waals surface area (Å²) in [6.45, 7) is 8.45. The molecule has 0 fully saturated rings. The molecular weight excluding hydrogens is 664 g/mol. The summed E-state index contributed by atoms with van der Waals surface area (Å²) in [6.07, 6.45) is 3.80. The third kappa shape index (κ3) is 10.4. The second-order valence-electron chi connectivity index (χ2n) is 10.8. The summed E-state index contributed by atoms with van der Waals surface area (Å²) in [5, 5.41) is 8.80. The first-order valence-corrected chi connectivity index (χ1v) is 17.5. The predicted octanol–water partition coefficient (Wildman–Crippen LogP) is 8.46. The van der Waals surface area contributed by atoms with Gasteiger partial charge in [-0.15, -0.1) is 11.8 Å². The molecule has 0 bridgehead atoms. The minimum Gasteiger partial charge on any atom is -0.497 e. The van der Waals surface area contributed by atoms with Crippen LogP contribution in [-0.2, 0) is 13.1 Å². The molecule has 6 aromatic rings. The molecule has 0 saturated heterocycles. The highest BCUT2D eigenvalue weighted by Crippen LogP contribution is 2.24. The molecule has 0 aliphatic carbocycles. The zero-order valence-corrected chi connectivity index (χ0v) is 30.2. The second-order valence-corrected chi connectivity index (χ2v) is 11.7. The van der Waals surface area contributed by atoms with E-state index < -0.39 is 5.82 Å².